The molecule has 0 aliphatic carbocycles. The van der Waals surface area contributed by atoms with E-state index in [2.05, 4.69) is 17.0 Å². The van der Waals surface area contributed by atoms with Gasteiger partial charge in [0.05, 0.1) is 19.4 Å². The van der Waals surface area contributed by atoms with E-state index in [0.717, 1.165) is 49.5 Å². The number of amides is 1. The Hall–Kier alpha value is -2.54. The van der Waals surface area contributed by atoms with Gasteiger partial charge in [0.25, 0.3) is 5.91 Å². The van der Waals surface area contributed by atoms with E-state index >= 15 is 0 Å². The van der Waals surface area contributed by atoms with Crippen molar-refractivity contribution in [1.29, 1.82) is 0 Å². The largest absolute Gasteiger partial charge is 0.493 e. The monoisotopic (exact) mass is 370 g/mol. The minimum absolute atomic E-state index is 0.0195. The number of ether oxygens (including phenoxy) is 2. The lowest BCUT2D eigenvalue weighted by molar-refractivity contribution is 0.0714. The van der Waals surface area contributed by atoms with Crippen molar-refractivity contribution in [2.75, 3.05) is 33.9 Å². The van der Waals surface area contributed by atoms with Crippen molar-refractivity contribution in [2.24, 2.45) is 0 Å². The highest BCUT2D eigenvalue weighted by Gasteiger charge is 2.25. The number of carbonyl (C=O) groups is 1. The Morgan fingerprint density at radius 1 is 1.19 bits per heavy atom. The van der Waals surface area contributed by atoms with E-state index in [1.807, 2.05) is 33.8 Å². The number of aryl methyl sites for hydroxylation is 1. The highest BCUT2D eigenvalue weighted by atomic mass is 16.5. The lowest BCUT2D eigenvalue weighted by atomic mass is 10.1. The van der Waals surface area contributed by atoms with Crippen LogP contribution in [0.3, 0.4) is 0 Å². The maximum atomic E-state index is 13.2. The van der Waals surface area contributed by atoms with Crippen molar-refractivity contribution < 1.29 is 14.3 Å². The molecule has 4 rings (SSSR count). The van der Waals surface area contributed by atoms with Crippen molar-refractivity contribution in [3.8, 4) is 11.5 Å². The molecule has 2 aliphatic heterocycles. The molecular formula is C20H26N4O3. The molecule has 0 bridgehead atoms. The first-order valence-corrected chi connectivity index (χ1v) is 9.49. The topological polar surface area (TPSA) is 59.8 Å². The fourth-order valence-electron chi connectivity index (χ4n) is 3.79. The molecule has 0 radical (unpaired) electrons. The minimum atomic E-state index is -0.0195. The average Bonchev–Trinajstić information content (AvgIpc) is 2.95. The molecular weight excluding hydrogens is 344 g/mol. The van der Waals surface area contributed by atoms with Crippen molar-refractivity contribution in [3.63, 3.8) is 0 Å². The minimum Gasteiger partial charge on any atom is -0.493 e. The third-order valence-electron chi connectivity index (χ3n) is 5.17. The Bertz CT molecular complexity index is 833. The fourth-order valence-corrected chi connectivity index (χ4v) is 3.79. The predicted molar refractivity (Wildman–Crippen MR) is 101 cm³/mol. The molecule has 1 aromatic heterocycles. The molecule has 27 heavy (non-hydrogen) atoms. The molecule has 2 aromatic rings. The van der Waals surface area contributed by atoms with Crippen LogP contribution in [0.1, 0.15) is 34.6 Å². The lowest BCUT2D eigenvalue weighted by Gasteiger charge is -2.26. The average molecular weight is 370 g/mol. The van der Waals surface area contributed by atoms with Gasteiger partial charge in [0.1, 0.15) is 0 Å². The number of fused-ring (bicyclic) bond motifs is 2. The summed E-state index contributed by atoms with van der Waals surface area (Å²) in [5, 5.41) is 4.61. The van der Waals surface area contributed by atoms with Gasteiger partial charge in [-0.25, -0.2) is 0 Å². The number of carbonyl (C=O) groups excluding carboxylic acids is 1. The number of rotatable bonds is 2. The van der Waals surface area contributed by atoms with Crippen LogP contribution in [-0.2, 0) is 19.6 Å². The Balaban J connectivity index is 1.59. The highest BCUT2D eigenvalue weighted by Crippen LogP contribution is 2.33. The van der Waals surface area contributed by atoms with Gasteiger partial charge in [-0.3, -0.25) is 9.48 Å². The molecule has 1 aromatic carbocycles. The molecule has 0 fully saturated rings. The smallest absolute Gasteiger partial charge is 0.274 e. The third-order valence-corrected chi connectivity index (χ3v) is 5.17. The van der Waals surface area contributed by atoms with Gasteiger partial charge in [-0.15, -0.1) is 0 Å². The second kappa shape index (κ2) is 7.60. The van der Waals surface area contributed by atoms with Gasteiger partial charge in [-0.1, -0.05) is 12.1 Å². The number of hydrogen-bond donors (Lipinski definition) is 0. The van der Waals surface area contributed by atoms with Crippen LogP contribution in [0.2, 0.25) is 0 Å². The molecule has 7 heteroatoms. The number of nitrogens with zero attached hydrogens (tertiary/aromatic N) is 4. The molecule has 0 N–H and O–H groups in total. The molecule has 0 unspecified atom stereocenters. The summed E-state index contributed by atoms with van der Waals surface area (Å²) in [5.41, 5.74) is 2.60. The Kier molecular flexibility index (Phi) is 5.03. The van der Waals surface area contributed by atoms with Gasteiger partial charge in [-0.2, -0.15) is 5.10 Å². The second-order valence-electron chi connectivity index (χ2n) is 7.21. The van der Waals surface area contributed by atoms with E-state index in [-0.39, 0.29) is 5.91 Å². The maximum Gasteiger partial charge on any atom is 0.274 e. The van der Waals surface area contributed by atoms with Gasteiger partial charge in [0.15, 0.2) is 17.2 Å². The van der Waals surface area contributed by atoms with Gasteiger partial charge >= 0.3 is 0 Å². The zero-order valence-electron chi connectivity index (χ0n) is 16.0. The number of benzene rings is 1. The highest BCUT2D eigenvalue weighted by molar-refractivity contribution is 5.92. The first-order chi connectivity index (χ1) is 13.2. The summed E-state index contributed by atoms with van der Waals surface area (Å²) in [5.74, 6) is 1.42. The molecule has 144 valence electrons. The van der Waals surface area contributed by atoms with E-state index in [9.17, 15) is 4.79 Å². The second-order valence-corrected chi connectivity index (χ2v) is 7.21. The summed E-state index contributed by atoms with van der Waals surface area (Å²) in [6, 6.07) is 7.75. The molecule has 2 aliphatic rings. The zero-order chi connectivity index (χ0) is 18.8. The number of para-hydroxylation sites is 1. The normalized spacial score (nSPS) is 17.8. The standard InChI is InChI=1S/C20H26N4O3/c1-22-8-4-10-24-16(14-22)12-17(21-24)20(25)23-9-5-11-27-19-15(13-23)6-3-7-18(19)26-2/h3,6-7,12H,4-5,8-11,13-14H2,1-2H3. The maximum absolute atomic E-state index is 13.2. The van der Waals surface area contributed by atoms with Crippen molar-refractivity contribution >= 4 is 5.91 Å². The van der Waals surface area contributed by atoms with Gasteiger partial charge in [0.2, 0.25) is 0 Å². The van der Waals surface area contributed by atoms with E-state index in [1.54, 1.807) is 7.11 Å². The van der Waals surface area contributed by atoms with Crippen LogP contribution >= 0.6 is 0 Å². The van der Waals surface area contributed by atoms with Gasteiger partial charge in [0, 0.05) is 38.3 Å². The summed E-state index contributed by atoms with van der Waals surface area (Å²) in [7, 11) is 3.74. The van der Waals surface area contributed by atoms with Crippen LogP contribution in [0.25, 0.3) is 0 Å². The van der Waals surface area contributed by atoms with E-state index in [1.165, 1.54) is 0 Å². The summed E-state index contributed by atoms with van der Waals surface area (Å²) < 4.78 is 13.3. The van der Waals surface area contributed by atoms with E-state index in [0.29, 0.717) is 31.1 Å². The molecule has 7 nitrogen and oxygen atoms in total. The van der Waals surface area contributed by atoms with Crippen LogP contribution in [0.4, 0.5) is 0 Å². The fraction of sp³-hybridized carbons (Fsp3) is 0.500. The Morgan fingerprint density at radius 3 is 2.93 bits per heavy atom. The van der Waals surface area contributed by atoms with Gasteiger partial charge < -0.3 is 19.3 Å². The quantitative estimate of drug-likeness (QED) is 0.811. The molecule has 0 saturated carbocycles. The SMILES string of the molecule is COc1cccc2c1OCCCN(C(=O)c1cc3n(n1)CCCN(C)C3)C2. The summed E-state index contributed by atoms with van der Waals surface area (Å²) in [6.45, 7) is 4.44. The zero-order valence-corrected chi connectivity index (χ0v) is 16.0. The van der Waals surface area contributed by atoms with Crippen LogP contribution in [0.15, 0.2) is 24.3 Å². The number of methoxy groups -OCH3 is 1. The van der Waals surface area contributed by atoms with E-state index in [4.69, 9.17) is 9.47 Å². The van der Waals surface area contributed by atoms with Crippen molar-refractivity contribution in [3.05, 3.63) is 41.2 Å². The van der Waals surface area contributed by atoms with Crippen molar-refractivity contribution in [1.82, 2.24) is 19.6 Å². The molecule has 0 saturated heterocycles. The van der Waals surface area contributed by atoms with Crippen LogP contribution in [-0.4, -0.2) is 59.3 Å². The van der Waals surface area contributed by atoms with Crippen molar-refractivity contribution in [2.45, 2.75) is 32.5 Å². The molecule has 0 spiro atoms. The first kappa shape index (κ1) is 17.9. The molecule has 1 amide bonds. The molecule has 3 heterocycles. The first-order valence-electron chi connectivity index (χ1n) is 9.49. The predicted octanol–water partition coefficient (Wildman–Crippen LogP) is 2.15. The summed E-state index contributed by atoms with van der Waals surface area (Å²) >= 11 is 0. The van der Waals surface area contributed by atoms with Gasteiger partial charge in [-0.05, 0) is 32.0 Å². The molecule has 0 atom stereocenters. The Morgan fingerprint density at radius 2 is 2.07 bits per heavy atom. The summed E-state index contributed by atoms with van der Waals surface area (Å²) in [4.78, 5) is 17.3. The number of aromatic nitrogens is 2. The number of hydrogen-bond acceptors (Lipinski definition) is 5. The van der Waals surface area contributed by atoms with Crippen LogP contribution < -0.4 is 9.47 Å². The van der Waals surface area contributed by atoms with E-state index < -0.39 is 0 Å². The van der Waals surface area contributed by atoms with Crippen LogP contribution in [0, 0.1) is 0 Å². The third kappa shape index (κ3) is 3.64. The van der Waals surface area contributed by atoms with Crippen LogP contribution in [0.5, 0.6) is 11.5 Å². The summed E-state index contributed by atoms with van der Waals surface area (Å²) in [6.07, 6.45) is 1.83. The lowest BCUT2D eigenvalue weighted by Crippen LogP contribution is -2.34. The Labute approximate surface area is 159 Å².